The number of carbonyl (C=O) groups is 2. The van der Waals surface area contributed by atoms with Crippen molar-refractivity contribution in [3.8, 4) is 11.5 Å². The van der Waals surface area contributed by atoms with Gasteiger partial charge in [-0.3, -0.25) is 4.79 Å². The number of hydrogen-bond donors (Lipinski definition) is 0. The largest absolute Gasteiger partial charge is 0.489 e. The molecule has 0 unspecified atom stereocenters. The standard InChI is InChI=1S/C32H23ClO5/c1-21-31(28-19-26(15-17-30(28)37-21)36-20-23-6-3-2-4-7-23)32(35)38-27-9-5-8-22(18-27)10-16-29(34)24-11-13-25(33)14-12-24/h2-19H,20H2,1H3. The third-order valence-electron chi connectivity index (χ3n) is 5.91. The SMILES string of the molecule is Cc1oc2ccc(OCc3ccccc3)cc2c1C(=O)Oc1cccc(C=CC(=O)c2ccc(Cl)cc2)c1. The number of furan rings is 1. The first-order chi connectivity index (χ1) is 18.5. The second kappa shape index (κ2) is 11.2. The van der Waals surface area contributed by atoms with Crippen molar-refractivity contribution in [1.29, 1.82) is 0 Å². The van der Waals surface area contributed by atoms with E-state index in [0.717, 1.165) is 5.56 Å². The Morgan fingerprint density at radius 1 is 0.868 bits per heavy atom. The Hall–Kier alpha value is -4.61. The Labute approximate surface area is 224 Å². The fourth-order valence-corrected chi connectivity index (χ4v) is 4.13. The highest BCUT2D eigenvalue weighted by Crippen LogP contribution is 2.30. The summed E-state index contributed by atoms with van der Waals surface area (Å²) in [5.74, 6) is 0.722. The molecule has 0 N–H and O–H groups in total. The Balaban J connectivity index is 1.31. The summed E-state index contributed by atoms with van der Waals surface area (Å²) in [5, 5.41) is 1.18. The molecule has 38 heavy (non-hydrogen) atoms. The van der Waals surface area contributed by atoms with E-state index in [9.17, 15) is 9.59 Å². The van der Waals surface area contributed by atoms with Crippen molar-refractivity contribution in [2.45, 2.75) is 13.5 Å². The van der Waals surface area contributed by atoms with E-state index < -0.39 is 5.97 Å². The topological polar surface area (TPSA) is 65.7 Å². The van der Waals surface area contributed by atoms with Crippen LogP contribution < -0.4 is 9.47 Å². The fourth-order valence-electron chi connectivity index (χ4n) is 4.01. The molecule has 5 nitrogen and oxygen atoms in total. The highest BCUT2D eigenvalue weighted by Gasteiger charge is 2.21. The summed E-state index contributed by atoms with van der Waals surface area (Å²) in [5.41, 5.74) is 3.19. The van der Waals surface area contributed by atoms with Gasteiger partial charge in [-0.25, -0.2) is 4.79 Å². The number of halogens is 1. The van der Waals surface area contributed by atoms with Gasteiger partial charge in [0.1, 0.15) is 35.0 Å². The van der Waals surface area contributed by atoms with Crippen LogP contribution in [0.3, 0.4) is 0 Å². The van der Waals surface area contributed by atoms with Gasteiger partial charge in [0.25, 0.3) is 0 Å². The molecular weight excluding hydrogens is 500 g/mol. The molecule has 0 saturated heterocycles. The van der Waals surface area contributed by atoms with Crippen LogP contribution in [0.5, 0.6) is 11.5 Å². The number of ketones is 1. The maximum atomic E-state index is 13.2. The van der Waals surface area contributed by atoms with Gasteiger partial charge in [0.2, 0.25) is 0 Å². The number of rotatable bonds is 8. The second-order valence-corrected chi connectivity index (χ2v) is 9.07. The number of ether oxygens (including phenoxy) is 2. The van der Waals surface area contributed by atoms with Gasteiger partial charge in [0, 0.05) is 16.0 Å². The zero-order valence-corrected chi connectivity index (χ0v) is 21.3. The van der Waals surface area contributed by atoms with Crippen LogP contribution >= 0.6 is 11.6 Å². The van der Waals surface area contributed by atoms with Crippen molar-refractivity contribution in [1.82, 2.24) is 0 Å². The lowest BCUT2D eigenvalue weighted by molar-refractivity contribution is 0.0734. The van der Waals surface area contributed by atoms with Crippen LogP contribution in [0.15, 0.2) is 108 Å². The Kier molecular flexibility index (Phi) is 7.38. The minimum atomic E-state index is -0.542. The molecule has 0 amide bonds. The molecule has 0 aliphatic rings. The number of fused-ring (bicyclic) bond motifs is 1. The van der Waals surface area contributed by atoms with Crippen molar-refractivity contribution in [3.05, 3.63) is 136 Å². The van der Waals surface area contributed by atoms with Gasteiger partial charge in [-0.1, -0.05) is 60.1 Å². The summed E-state index contributed by atoms with van der Waals surface area (Å²) in [6.45, 7) is 2.13. The summed E-state index contributed by atoms with van der Waals surface area (Å²) in [4.78, 5) is 25.6. The van der Waals surface area contributed by atoms with Crippen LogP contribution in [0.4, 0.5) is 0 Å². The molecular formula is C32H23ClO5. The zero-order valence-electron chi connectivity index (χ0n) is 20.5. The van der Waals surface area contributed by atoms with Gasteiger partial charge < -0.3 is 13.9 Å². The van der Waals surface area contributed by atoms with Crippen LogP contribution in [0.25, 0.3) is 17.0 Å². The zero-order chi connectivity index (χ0) is 26.5. The van der Waals surface area contributed by atoms with Crippen LogP contribution in [0.1, 0.15) is 37.6 Å². The van der Waals surface area contributed by atoms with Crippen LogP contribution in [-0.4, -0.2) is 11.8 Å². The lowest BCUT2D eigenvalue weighted by Gasteiger charge is -2.07. The van der Waals surface area contributed by atoms with Crippen LogP contribution in [-0.2, 0) is 6.61 Å². The molecule has 5 aromatic rings. The molecule has 0 atom stereocenters. The normalized spacial score (nSPS) is 11.1. The van der Waals surface area contributed by atoms with Gasteiger partial charge in [-0.15, -0.1) is 0 Å². The first kappa shape index (κ1) is 25.1. The van der Waals surface area contributed by atoms with Gasteiger partial charge in [0.05, 0.1) is 0 Å². The number of hydrogen-bond acceptors (Lipinski definition) is 5. The molecule has 0 aliphatic carbocycles. The van der Waals surface area contributed by atoms with Crippen molar-refractivity contribution in [2.75, 3.05) is 0 Å². The number of carbonyl (C=O) groups excluding carboxylic acids is 2. The average Bonchev–Trinajstić information content (AvgIpc) is 3.26. The molecule has 6 heteroatoms. The van der Waals surface area contributed by atoms with E-state index in [1.54, 1.807) is 67.6 Å². The number of benzene rings is 4. The van der Waals surface area contributed by atoms with Gasteiger partial charge in [-0.2, -0.15) is 0 Å². The molecule has 0 spiro atoms. The monoisotopic (exact) mass is 522 g/mol. The smallest absolute Gasteiger partial charge is 0.347 e. The molecule has 0 radical (unpaired) electrons. The number of esters is 1. The molecule has 188 valence electrons. The highest BCUT2D eigenvalue weighted by molar-refractivity contribution is 6.30. The maximum absolute atomic E-state index is 13.2. The summed E-state index contributed by atoms with van der Waals surface area (Å²) in [6, 6.07) is 28.8. The van der Waals surface area contributed by atoms with Crippen LogP contribution in [0.2, 0.25) is 5.02 Å². The first-order valence-electron chi connectivity index (χ1n) is 12.0. The van der Waals surface area contributed by atoms with Crippen molar-refractivity contribution in [3.63, 3.8) is 0 Å². The van der Waals surface area contributed by atoms with E-state index in [-0.39, 0.29) is 5.78 Å². The predicted octanol–water partition coefficient (Wildman–Crippen LogP) is 8.09. The Bertz CT molecular complexity index is 1630. The molecule has 0 aliphatic heterocycles. The molecule has 0 bridgehead atoms. The van der Waals surface area contributed by atoms with Gasteiger partial charge in [0.15, 0.2) is 5.78 Å². The minimum Gasteiger partial charge on any atom is -0.489 e. The molecule has 4 aromatic carbocycles. The van der Waals surface area contributed by atoms with Gasteiger partial charge in [-0.05, 0) is 78.7 Å². The Morgan fingerprint density at radius 2 is 1.66 bits per heavy atom. The predicted molar refractivity (Wildman–Crippen MR) is 148 cm³/mol. The fraction of sp³-hybridized carbons (Fsp3) is 0.0625. The maximum Gasteiger partial charge on any atom is 0.347 e. The minimum absolute atomic E-state index is 0.158. The molecule has 1 aromatic heterocycles. The van der Waals surface area contributed by atoms with E-state index >= 15 is 0 Å². The third kappa shape index (κ3) is 5.85. The number of aryl methyl sites for hydroxylation is 1. The second-order valence-electron chi connectivity index (χ2n) is 8.63. The van der Waals surface area contributed by atoms with Crippen molar-refractivity contribution >= 4 is 40.4 Å². The van der Waals surface area contributed by atoms with Crippen molar-refractivity contribution < 1.29 is 23.5 Å². The summed E-state index contributed by atoms with van der Waals surface area (Å²) in [6.07, 6.45) is 3.14. The lowest BCUT2D eigenvalue weighted by atomic mass is 10.1. The molecule has 0 saturated carbocycles. The molecule has 0 fully saturated rings. The van der Waals surface area contributed by atoms with E-state index in [2.05, 4.69) is 0 Å². The quantitative estimate of drug-likeness (QED) is 0.0891. The summed E-state index contributed by atoms with van der Waals surface area (Å²) >= 11 is 5.89. The average molecular weight is 523 g/mol. The summed E-state index contributed by atoms with van der Waals surface area (Å²) < 4.78 is 17.4. The third-order valence-corrected chi connectivity index (χ3v) is 6.16. The summed E-state index contributed by atoms with van der Waals surface area (Å²) in [7, 11) is 0. The van der Waals surface area contributed by atoms with E-state index in [1.807, 2.05) is 42.5 Å². The van der Waals surface area contributed by atoms with Gasteiger partial charge >= 0.3 is 5.97 Å². The van der Waals surface area contributed by atoms with Crippen LogP contribution in [0, 0.1) is 6.92 Å². The van der Waals surface area contributed by atoms with Crippen molar-refractivity contribution in [2.24, 2.45) is 0 Å². The molecule has 1 heterocycles. The van der Waals surface area contributed by atoms with E-state index in [1.165, 1.54) is 6.08 Å². The molecule has 5 rings (SSSR count). The lowest BCUT2D eigenvalue weighted by Crippen LogP contribution is -2.09. The highest BCUT2D eigenvalue weighted by atomic mass is 35.5. The Morgan fingerprint density at radius 3 is 2.45 bits per heavy atom. The van der Waals surface area contributed by atoms with E-state index in [0.29, 0.717) is 56.5 Å². The van der Waals surface area contributed by atoms with E-state index in [4.69, 9.17) is 25.5 Å². The number of allylic oxidation sites excluding steroid dienone is 1. The first-order valence-corrected chi connectivity index (χ1v) is 12.3.